The first kappa shape index (κ1) is 16.0. The fourth-order valence-corrected chi connectivity index (χ4v) is 2.57. The van der Waals surface area contributed by atoms with Gasteiger partial charge in [0.15, 0.2) is 0 Å². The van der Waals surface area contributed by atoms with Gasteiger partial charge < -0.3 is 5.32 Å². The van der Waals surface area contributed by atoms with Crippen LogP contribution in [0.5, 0.6) is 0 Å². The first-order chi connectivity index (χ1) is 9.90. The van der Waals surface area contributed by atoms with Crippen molar-refractivity contribution in [1.29, 1.82) is 0 Å². The first-order valence-electron chi connectivity index (χ1n) is 6.69. The van der Waals surface area contributed by atoms with Crippen molar-refractivity contribution < 1.29 is 13.2 Å². The van der Waals surface area contributed by atoms with E-state index < -0.39 is 11.7 Å². The van der Waals surface area contributed by atoms with E-state index in [1.807, 2.05) is 0 Å². The van der Waals surface area contributed by atoms with E-state index in [0.29, 0.717) is 17.3 Å². The van der Waals surface area contributed by atoms with Gasteiger partial charge in [0.1, 0.15) is 0 Å². The van der Waals surface area contributed by atoms with Crippen LogP contribution in [0, 0.1) is 12.3 Å². The number of hydrogen-bond donors (Lipinski definition) is 1. The summed E-state index contributed by atoms with van der Waals surface area (Å²) in [6.07, 6.45) is 2.55. The number of nitrogens with one attached hydrogen (secondary N) is 1. The molecule has 0 saturated carbocycles. The fourth-order valence-electron chi connectivity index (χ4n) is 2.40. The second kappa shape index (κ2) is 6.59. The molecule has 0 aromatic heterocycles. The van der Waals surface area contributed by atoms with E-state index in [4.69, 9.17) is 18.0 Å². The van der Waals surface area contributed by atoms with Crippen LogP contribution in [0.25, 0.3) is 0 Å². The second-order valence-corrected chi connectivity index (χ2v) is 5.50. The van der Waals surface area contributed by atoms with Crippen molar-refractivity contribution in [2.24, 2.45) is 0 Å². The van der Waals surface area contributed by atoms with E-state index in [0.717, 1.165) is 38.1 Å². The Hall–Kier alpha value is -1.38. The largest absolute Gasteiger partial charge is 0.416 e. The molecule has 0 radical (unpaired) electrons. The molecule has 0 amide bonds. The van der Waals surface area contributed by atoms with Crippen LogP contribution in [0.2, 0.25) is 5.02 Å². The predicted octanol–water partition coefficient (Wildman–Crippen LogP) is 3.87. The fraction of sp³-hybridized carbons (Fsp3) is 0.467. The number of rotatable bonds is 3. The number of likely N-dealkylation sites (tertiary alicyclic amines) is 1. The molecule has 0 spiro atoms. The molecule has 1 aliphatic heterocycles. The van der Waals surface area contributed by atoms with Gasteiger partial charge in [-0.05, 0) is 31.0 Å². The van der Waals surface area contributed by atoms with E-state index in [1.54, 1.807) is 0 Å². The molecule has 2 rings (SSSR count). The van der Waals surface area contributed by atoms with E-state index in [2.05, 4.69) is 16.1 Å². The van der Waals surface area contributed by atoms with Gasteiger partial charge in [-0.1, -0.05) is 17.5 Å². The third-order valence-electron chi connectivity index (χ3n) is 3.56. The number of anilines is 1. The lowest BCUT2D eigenvalue weighted by molar-refractivity contribution is -0.137. The highest BCUT2D eigenvalue weighted by Gasteiger charge is 2.31. The third kappa shape index (κ3) is 4.29. The molecular weight excluding hydrogens is 301 g/mol. The van der Waals surface area contributed by atoms with Crippen molar-refractivity contribution in [3.05, 3.63) is 28.8 Å². The predicted molar refractivity (Wildman–Crippen MR) is 78.4 cm³/mol. The molecule has 21 heavy (non-hydrogen) atoms. The minimum atomic E-state index is -4.36. The van der Waals surface area contributed by atoms with Gasteiger partial charge in [-0.3, -0.25) is 4.90 Å². The van der Waals surface area contributed by atoms with Crippen LogP contribution in [-0.2, 0) is 6.18 Å². The highest BCUT2D eigenvalue weighted by molar-refractivity contribution is 6.33. The SMILES string of the molecule is C#CCN1CCC(Nc2cc(C(F)(F)F)ccc2Cl)CC1. The summed E-state index contributed by atoms with van der Waals surface area (Å²) in [7, 11) is 0. The van der Waals surface area contributed by atoms with Crippen LogP contribution in [0.4, 0.5) is 18.9 Å². The molecular formula is C15H16ClF3N2. The maximum Gasteiger partial charge on any atom is 0.416 e. The Bertz CT molecular complexity index is 529. The molecule has 1 aromatic carbocycles. The van der Waals surface area contributed by atoms with Crippen molar-refractivity contribution >= 4 is 17.3 Å². The molecule has 0 unspecified atom stereocenters. The lowest BCUT2D eigenvalue weighted by atomic mass is 10.0. The molecule has 1 heterocycles. The van der Waals surface area contributed by atoms with Crippen LogP contribution in [0.1, 0.15) is 18.4 Å². The Kier molecular flexibility index (Phi) is 5.02. The second-order valence-electron chi connectivity index (χ2n) is 5.09. The Morgan fingerprint density at radius 1 is 1.33 bits per heavy atom. The summed E-state index contributed by atoms with van der Waals surface area (Å²) in [5, 5.41) is 3.41. The summed E-state index contributed by atoms with van der Waals surface area (Å²) in [4.78, 5) is 2.14. The molecule has 1 fully saturated rings. The summed E-state index contributed by atoms with van der Waals surface area (Å²) >= 11 is 5.98. The molecule has 1 N–H and O–H groups in total. The molecule has 0 bridgehead atoms. The van der Waals surface area contributed by atoms with Crippen molar-refractivity contribution in [1.82, 2.24) is 4.90 Å². The smallest absolute Gasteiger partial charge is 0.381 e. The van der Waals surface area contributed by atoms with Crippen LogP contribution < -0.4 is 5.32 Å². The highest BCUT2D eigenvalue weighted by atomic mass is 35.5. The number of benzene rings is 1. The van der Waals surface area contributed by atoms with Gasteiger partial charge in [0, 0.05) is 19.1 Å². The molecule has 1 saturated heterocycles. The van der Waals surface area contributed by atoms with Gasteiger partial charge in [0.2, 0.25) is 0 Å². The van der Waals surface area contributed by atoms with E-state index in [1.165, 1.54) is 6.07 Å². The summed E-state index contributed by atoms with van der Waals surface area (Å²) in [6, 6.07) is 3.44. The Morgan fingerprint density at radius 3 is 2.57 bits per heavy atom. The van der Waals surface area contributed by atoms with Gasteiger partial charge in [0.05, 0.1) is 22.8 Å². The van der Waals surface area contributed by atoms with E-state index >= 15 is 0 Å². The minimum Gasteiger partial charge on any atom is -0.381 e. The van der Waals surface area contributed by atoms with E-state index in [9.17, 15) is 13.2 Å². The highest BCUT2D eigenvalue weighted by Crippen LogP contribution is 2.34. The zero-order chi connectivity index (χ0) is 15.5. The van der Waals surface area contributed by atoms with Crippen LogP contribution in [0.3, 0.4) is 0 Å². The van der Waals surface area contributed by atoms with Gasteiger partial charge in [-0.25, -0.2) is 0 Å². The number of alkyl halides is 3. The number of hydrogen-bond acceptors (Lipinski definition) is 2. The lowest BCUT2D eigenvalue weighted by Crippen LogP contribution is -2.39. The van der Waals surface area contributed by atoms with Crippen molar-refractivity contribution in [3.8, 4) is 12.3 Å². The molecule has 114 valence electrons. The zero-order valence-electron chi connectivity index (χ0n) is 11.4. The zero-order valence-corrected chi connectivity index (χ0v) is 12.1. The molecule has 2 nitrogen and oxygen atoms in total. The molecule has 1 aromatic rings. The number of piperidine rings is 1. The number of halogens is 4. The Labute approximate surface area is 127 Å². The Balaban J connectivity index is 2.02. The first-order valence-corrected chi connectivity index (χ1v) is 7.07. The maximum absolute atomic E-state index is 12.7. The van der Waals surface area contributed by atoms with E-state index in [-0.39, 0.29) is 6.04 Å². The van der Waals surface area contributed by atoms with Gasteiger partial charge in [0.25, 0.3) is 0 Å². The minimum absolute atomic E-state index is 0.111. The normalized spacial score (nSPS) is 17.5. The summed E-state index contributed by atoms with van der Waals surface area (Å²) in [5.41, 5.74) is -0.360. The van der Waals surface area contributed by atoms with Crippen molar-refractivity contribution in [2.75, 3.05) is 25.0 Å². The van der Waals surface area contributed by atoms with Crippen LogP contribution in [0.15, 0.2) is 18.2 Å². The Morgan fingerprint density at radius 2 is 2.00 bits per heavy atom. The molecule has 0 aliphatic carbocycles. The average Bonchev–Trinajstić information content (AvgIpc) is 2.42. The lowest BCUT2D eigenvalue weighted by Gasteiger charge is -2.32. The van der Waals surface area contributed by atoms with Crippen molar-refractivity contribution in [2.45, 2.75) is 25.1 Å². The maximum atomic E-state index is 12.7. The number of nitrogens with zero attached hydrogens (tertiary/aromatic N) is 1. The topological polar surface area (TPSA) is 15.3 Å². The van der Waals surface area contributed by atoms with Crippen molar-refractivity contribution in [3.63, 3.8) is 0 Å². The quantitative estimate of drug-likeness (QED) is 0.852. The summed E-state index contributed by atoms with van der Waals surface area (Å²) in [5.74, 6) is 2.59. The summed E-state index contributed by atoms with van der Waals surface area (Å²) < 4.78 is 38.2. The van der Waals surface area contributed by atoms with Gasteiger partial charge >= 0.3 is 6.18 Å². The number of terminal acetylenes is 1. The molecule has 6 heteroatoms. The molecule has 1 aliphatic rings. The monoisotopic (exact) mass is 316 g/mol. The molecule has 0 atom stereocenters. The third-order valence-corrected chi connectivity index (χ3v) is 3.89. The van der Waals surface area contributed by atoms with Gasteiger partial charge in [-0.2, -0.15) is 13.2 Å². The van der Waals surface area contributed by atoms with Gasteiger partial charge in [-0.15, -0.1) is 6.42 Å². The standard InChI is InChI=1S/C15H16ClF3N2/c1-2-7-21-8-5-12(6-9-21)20-14-10-11(15(17,18)19)3-4-13(14)16/h1,3-4,10,12,20H,5-9H2. The average molecular weight is 317 g/mol. The van der Waals surface area contributed by atoms with Crippen LogP contribution in [-0.4, -0.2) is 30.6 Å². The van der Waals surface area contributed by atoms with Crippen LogP contribution >= 0.6 is 11.6 Å². The summed E-state index contributed by atoms with van der Waals surface area (Å²) in [6.45, 7) is 2.27.